The number of benzene rings is 2. The van der Waals surface area contributed by atoms with Crippen LogP contribution in [0.1, 0.15) is 11.5 Å². The molecule has 28 heavy (non-hydrogen) atoms. The molecule has 0 unspecified atom stereocenters. The quantitative estimate of drug-likeness (QED) is 0.447. The van der Waals surface area contributed by atoms with E-state index in [-0.39, 0.29) is 5.82 Å². The second-order valence-corrected chi connectivity index (χ2v) is 7.35. The first-order valence-corrected chi connectivity index (χ1v) is 9.79. The topological polar surface area (TPSA) is 63.8 Å². The van der Waals surface area contributed by atoms with Crippen molar-refractivity contribution in [3.63, 3.8) is 0 Å². The largest absolute Gasteiger partial charge is 0.269 e. The molecule has 0 aliphatic heterocycles. The molecule has 6 nitrogen and oxygen atoms in total. The lowest BCUT2D eigenvalue weighted by atomic mass is 10.2. The highest BCUT2D eigenvalue weighted by molar-refractivity contribution is 7.71. The third-order valence-corrected chi connectivity index (χ3v) is 5.50. The van der Waals surface area contributed by atoms with Gasteiger partial charge in [0.25, 0.3) is 0 Å². The molecule has 9 heteroatoms. The number of nitrogens with zero attached hydrogens (tertiary/aromatic N) is 5. The Kier molecular flexibility index (Phi) is 4.10. The van der Waals surface area contributed by atoms with Gasteiger partial charge in [-0.15, -0.1) is 16.4 Å². The molecule has 3 aromatic heterocycles. The van der Waals surface area contributed by atoms with E-state index in [2.05, 4.69) is 20.3 Å². The molecule has 0 amide bonds. The summed E-state index contributed by atoms with van der Waals surface area (Å²) >= 11 is 6.82. The van der Waals surface area contributed by atoms with Gasteiger partial charge in [-0.2, -0.15) is 10.1 Å². The predicted octanol–water partition coefficient (Wildman–Crippen LogP) is 4.43. The van der Waals surface area contributed by atoms with Gasteiger partial charge in [0.1, 0.15) is 11.6 Å². The highest BCUT2D eigenvalue weighted by Gasteiger charge is 2.16. The number of fused-ring (bicyclic) bond motifs is 1. The smallest absolute Gasteiger partial charge is 0.212 e. The van der Waals surface area contributed by atoms with Gasteiger partial charge in [0, 0.05) is 10.9 Å². The van der Waals surface area contributed by atoms with Crippen LogP contribution in [0.15, 0.2) is 60.0 Å². The highest BCUT2D eigenvalue weighted by atomic mass is 32.1. The highest BCUT2D eigenvalue weighted by Crippen LogP contribution is 2.23. The molecule has 2 aromatic carbocycles. The van der Waals surface area contributed by atoms with Crippen LogP contribution in [0.25, 0.3) is 22.0 Å². The average Bonchev–Trinajstić information content (AvgIpc) is 3.39. The number of aromatic amines is 1. The Morgan fingerprint density at radius 2 is 1.86 bits per heavy atom. The van der Waals surface area contributed by atoms with Crippen LogP contribution in [0.5, 0.6) is 0 Å². The molecule has 3 heterocycles. The molecule has 1 N–H and O–H groups in total. The van der Waals surface area contributed by atoms with E-state index in [0.717, 1.165) is 16.2 Å². The lowest BCUT2D eigenvalue weighted by Gasteiger charge is -2.07. The summed E-state index contributed by atoms with van der Waals surface area (Å²) in [7, 11) is 0. The minimum Gasteiger partial charge on any atom is -0.269 e. The fraction of sp³-hybridized carbons (Fsp3) is 0.0526. The molecule has 5 rings (SSSR count). The van der Waals surface area contributed by atoms with Crippen LogP contribution >= 0.6 is 23.6 Å². The van der Waals surface area contributed by atoms with Crippen molar-refractivity contribution >= 4 is 28.5 Å². The molecule has 0 atom stereocenters. The number of nitrogens with one attached hydrogen (secondary N) is 1. The van der Waals surface area contributed by atoms with Gasteiger partial charge in [-0.1, -0.05) is 42.5 Å². The first-order chi connectivity index (χ1) is 13.7. The van der Waals surface area contributed by atoms with Crippen molar-refractivity contribution in [3.8, 4) is 17.1 Å². The summed E-state index contributed by atoms with van der Waals surface area (Å²) in [6.07, 6.45) is 0.430. The fourth-order valence-corrected chi connectivity index (χ4v) is 4.12. The molecule has 0 aliphatic rings. The molecule has 5 aromatic rings. The van der Waals surface area contributed by atoms with Crippen LogP contribution in [0.2, 0.25) is 0 Å². The molecule has 0 saturated carbocycles. The molecule has 138 valence electrons. The average molecular weight is 408 g/mol. The minimum atomic E-state index is -0.358. The van der Waals surface area contributed by atoms with E-state index in [1.807, 2.05) is 35.7 Å². The lowest BCUT2D eigenvalue weighted by Crippen LogP contribution is -2.06. The summed E-state index contributed by atoms with van der Waals surface area (Å²) < 4.78 is 18.1. The van der Waals surface area contributed by atoms with Gasteiger partial charge in [-0.3, -0.25) is 9.67 Å². The van der Waals surface area contributed by atoms with Gasteiger partial charge in [0.15, 0.2) is 10.6 Å². The number of hydrogen-bond acceptors (Lipinski definition) is 5. The molecule has 0 bridgehead atoms. The van der Waals surface area contributed by atoms with Crippen molar-refractivity contribution in [2.45, 2.75) is 6.42 Å². The number of aromatic nitrogens is 6. The van der Waals surface area contributed by atoms with Gasteiger partial charge >= 0.3 is 0 Å². The second-order valence-electron chi connectivity index (χ2n) is 6.13. The van der Waals surface area contributed by atoms with Crippen LogP contribution in [0.4, 0.5) is 4.39 Å². The van der Waals surface area contributed by atoms with E-state index in [9.17, 15) is 4.39 Å². The Balaban J connectivity index is 1.56. The molecular weight excluding hydrogens is 395 g/mol. The summed E-state index contributed by atoms with van der Waals surface area (Å²) in [5, 5.41) is 13.7. The van der Waals surface area contributed by atoms with Crippen LogP contribution in [-0.2, 0) is 6.42 Å². The van der Waals surface area contributed by atoms with Crippen molar-refractivity contribution in [2.75, 3.05) is 0 Å². The van der Waals surface area contributed by atoms with Crippen molar-refractivity contribution in [1.29, 1.82) is 0 Å². The summed E-state index contributed by atoms with van der Waals surface area (Å²) in [5.74, 6) is 0.914. The number of H-pyrrole nitrogens is 1. The number of rotatable bonds is 4. The van der Waals surface area contributed by atoms with Gasteiger partial charge < -0.3 is 0 Å². The van der Waals surface area contributed by atoms with E-state index in [1.165, 1.54) is 17.4 Å². The Morgan fingerprint density at radius 1 is 1.07 bits per heavy atom. The summed E-state index contributed by atoms with van der Waals surface area (Å²) in [4.78, 5) is 5.39. The van der Waals surface area contributed by atoms with E-state index >= 15 is 0 Å². The van der Waals surface area contributed by atoms with Crippen molar-refractivity contribution in [3.05, 3.63) is 82.1 Å². The Hall–Kier alpha value is -3.17. The molecule has 0 radical (unpaired) electrons. The van der Waals surface area contributed by atoms with Gasteiger partial charge in [-0.05, 0) is 24.4 Å². The van der Waals surface area contributed by atoms with Crippen LogP contribution < -0.4 is 0 Å². The zero-order chi connectivity index (χ0) is 19.1. The molecule has 0 saturated heterocycles. The van der Waals surface area contributed by atoms with E-state index in [4.69, 9.17) is 12.2 Å². The molecule has 0 aliphatic carbocycles. The second kappa shape index (κ2) is 6.77. The van der Waals surface area contributed by atoms with Gasteiger partial charge in [0.05, 0.1) is 17.8 Å². The van der Waals surface area contributed by atoms with E-state index < -0.39 is 0 Å². The third kappa shape index (κ3) is 2.85. The van der Waals surface area contributed by atoms with Crippen molar-refractivity contribution < 1.29 is 4.39 Å². The first-order valence-electron chi connectivity index (χ1n) is 8.50. The van der Waals surface area contributed by atoms with E-state index in [1.54, 1.807) is 27.3 Å². The zero-order valence-corrected chi connectivity index (χ0v) is 16.0. The van der Waals surface area contributed by atoms with Crippen molar-refractivity contribution in [1.82, 2.24) is 29.4 Å². The zero-order valence-electron chi connectivity index (χ0n) is 14.4. The number of para-hydroxylation sites is 1. The molecular formula is C19H13FN6S2. The normalized spacial score (nSPS) is 11.3. The summed E-state index contributed by atoms with van der Waals surface area (Å²) in [6.45, 7) is 0. The maximum absolute atomic E-state index is 14.3. The standard InChI is InChI=1S/C19H13FN6S2/c20-14-8-4-5-9-15(14)25-16(22-23-18(25)27)10-13-11-28-19-21-17(24-26(13)19)12-6-2-1-3-7-12/h1-9,11H,10H2,(H,23,27). The Morgan fingerprint density at radius 3 is 2.68 bits per heavy atom. The number of thiazole rings is 1. The molecule has 0 spiro atoms. The monoisotopic (exact) mass is 408 g/mol. The Bertz CT molecular complexity index is 1330. The summed E-state index contributed by atoms with van der Waals surface area (Å²) in [6, 6.07) is 16.3. The number of halogens is 1. The van der Waals surface area contributed by atoms with Crippen LogP contribution in [-0.4, -0.2) is 29.4 Å². The van der Waals surface area contributed by atoms with Crippen LogP contribution in [0.3, 0.4) is 0 Å². The third-order valence-electron chi connectivity index (χ3n) is 4.36. The first kappa shape index (κ1) is 17.0. The Labute approximate surface area is 167 Å². The van der Waals surface area contributed by atoms with Gasteiger partial charge in [0.2, 0.25) is 4.96 Å². The maximum atomic E-state index is 14.3. The van der Waals surface area contributed by atoms with E-state index in [0.29, 0.717) is 28.5 Å². The fourth-order valence-electron chi connectivity index (χ4n) is 3.05. The molecule has 0 fully saturated rings. The minimum absolute atomic E-state index is 0.343. The lowest BCUT2D eigenvalue weighted by molar-refractivity contribution is 0.614. The SMILES string of the molecule is Fc1ccccc1-n1c(Cc2csc3nc(-c4ccccc4)nn23)n[nH]c1=S. The predicted molar refractivity (Wildman–Crippen MR) is 108 cm³/mol. The van der Waals surface area contributed by atoms with Crippen molar-refractivity contribution in [2.24, 2.45) is 0 Å². The van der Waals surface area contributed by atoms with Crippen LogP contribution in [0, 0.1) is 10.6 Å². The number of hydrogen-bond donors (Lipinski definition) is 1. The summed E-state index contributed by atoms with van der Waals surface area (Å²) in [5.41, 5.74) is 2.23. The van der Waals surface area contributed by atoms with Gasteiger partial charge in [-0.25, -0.2) is 8.91 Å². The maximum Gasteiger partial charge on any atom is 0.212 e.